The third kappa shape index (κ3) is 28.4. The summed E-state index contributed by atoms with van der Waals surface area (Å²) in [6.07, 6.45) is 4.60. The summed E-state index contributed by atoms with van der Waals surface area (Å²) in [5.41, 5.74) is -0.775. The molecule has 23 nitrogen and oxygen atoms in total. The fraction of sp³-hybridized carbons (Fsp3) is 0.786. The van der Waals surface area contributed by atoms with Gasteiger partial charge in [-0.2, -0.15) is 0 Å². The molecule has 0 saturated heterocycles. The number of carbonyl (C=O) groups excluding carboxylic acids is 6. The van der Waals surface area contributed by atoms with Crippen molar-refractivity contribution >= 4 is 87.6 Å². The molecule has 10 N–H and O–H groups in total. The summed E-state index contributed by atoms with van der Waals surface area (Å²) in [7, 11) is 1.50. The van der Waals surface area contributed by atoms with Crippen LogP contribution < -0.4 is 31.9 Å². The van der Waals surface area contributed by atoms with E-state index in [0.29, 0.717) is 23.2 Å². The average molecular weight is 1090 g/mol. The van der Waals surface area contributed by atoms with E-state index in [1.165, 1.54) is 7.05 Å². The lowest BCUT2D eigenvalue weighted by Gasteiger charge is -2.26. The quantitative estimate of drug-likeness (QED) is 0.0205. The predicted octanol–water partition coefficient (Wildman–Crippen LogP) is -0.763. The Bertz CT molecular complexity index is 1570. The number of Topliss-reactive ketones (excluding diaryl/α,β-unsaturated/α-hetero) is 1. The van der Waals surface area contributed by atoms with E-state index in [1.807, 2.05) is 0 Å². The topological polar surface area (TPSA) is 344 Å². The summed E-state index contributed by atoms with van der Waals surface area (Å²) < 4.78 is 22.0. The second-order valence-electron chi connectivity index (χ2n) is 16.4. The molecule has 0 heterocycles. The lowest BCUT2D eigenvalue weighted by molar-refractivity contribution is -0.143. The van der Waals surface area contributed by atoms with Gasteiger partial charge in [0.2, 0.25) is 29.5 Å². The summed E-state index contributed by atoms with van der Waals surface area (Å²) in [4.78, 5) is 109. The zero-order valence-corrected chi connectivity index (χ0v) is 41.6. The Kier molecular flexibility index (Phi) is 32.4. The summed E-state index contributed by atoms with van der Waals surface area (Å²) >= 11 is 3.50. The maximum Gasteiger partial charge on any atom is 0.328 e. The number of alkyl halides is 1. The number of carboxylic acids is 3. The third-order valence-corrected chi connectivity index (χ3v) is 12.8. The molecule has 67 heavy (non-hydrogen) atoms. The number of ether oxygens (including phenoxy) is 4. The van der Waals surface area contributed by atoms with Crippen LogP contribution in [0.15, 0.2) is 0 Å². The van der Waals surface area contributed by atoms with Gasteiger partial charge in [-0.05, 0) is 64.8 Å². The molecule has 1 fully saturated rings. The number of likely N-dealkylation sites (N-methyl/N-ethyl adjacent to an activating group) is 1. The number of hydrogen-bond donors (Lipinski definition) is 10. The lowest BCUT2D eigenvalue weighted by atomic mass is 9.82. The smallest absolute Gasteiger partial charge is 0.328 e. The van der Waals surface area contributed by atoms with Crippen molar-refractivity contribution in [3.8, 4) is 0 Å². The second-order valence-corrected chi connectivity index (χ2v) is 19.2. The Labute approximate surface area is 408 Å². The molecule has 25 heteroatoms. The first-order chi connectivity index (χ1) is 31.8. The summed E-state index contributed by atoms with van der Waals surface area (Å²) in [6, 6.07) is -4.54. The molecule has 1 aliphatic rings. The molecule has 384 valence electrons. The van der Waals surface area contributed by atoms with Gasteiger partial charge in [-0.15, -0.1) is 11.8 Å². The summed E-state index contributed by atoms with van der Waals surface area (Å²) in [5, 5.41) is 52.4. The second kappa shape index (κ2) is 35.4. The van der Waals surface area contributed by atoms with Crippen LogP contribution in [0.25, 0.3) is 0 Å². The SMILES string of the molecule is CN[C@@H](CSCC(=O)NCCCC[C@H](NC(=O)COCCOCCNC(=O)COCCOCCC(C)(C)C(=O)CC[C@H](NC(=O)C1CCC(I)CC1)C(=O)O)C(=O)O)C(=O)N[C@@H](CO)C(=O)O. The zero-order chi connectivity index (χ0) is 50.2. The highest BCUT2D eigenvalue weighted by molar-refractivity contribution is 14.1. The number of carboxylic acid groups (broad SMARTS) is 3. The van der Waals surface area contributed by atoms with E-state index in [0.717, 1.165) is 37.4 Å². The highest BCUT2D eigenvalue weighted by Gasteiger charge is 2.32. The highest BCUT2D eigenvalue weighted by atomic mass is 127. The average Bonchev–Trinajstić information content (AvgIpc) is 3.27. The minimum absolute atomic E-state index is 0.00121. The number of halogens is 1. The van der Waals surface area contributed by atoms with Gasteiger partial charge < -0.3 is 71.3 Å². The van der Waals surface area contributed by atoms with Crippen molar-refractivity contribution in [3.05, 3.63) is 0 Å². The van der Waals surface area contributed by atoms with Crippen molar-refractivity contribution in [1.82, 2.24) is 31.9 Å². The molecule has 0 radical (unpaired) electrons. The van der Waals surface area contributed by atoms with E-state index in [-0.39, 0.29) is 120 Å². The van der Waals surface area contributed by atoms with Crippen LogP contribution in [0.2, 0.25) is 0 Å². The van der Waals surface area contributed by atoms with E-state index >= 15 is 0 Å². The van der Waals surface area contributed by atoms with Gasteiger partial charge in [-0.1, -0.05) is 36.4 Å². The summed E-state index contributed by atoms with van der Waals surface area (Å²) in [5.74, 6) is -6.17. The van der Waals surface area contributed by atoms with Crippen LogP contribution in [0.5, 0.6) is 0 Å². The molecule has 0 spiro atoms. The molecule has 1 aliphatic carbocycles. The molecule has 1 rings (SSSR count). The Morgan fingerprint density at radius 3 is 1.82 bits per heavy atom. The predicted molar refractivity (Wildman–Crippen MR) is 252 cm³/mol. The molecule has 0 aliphatic heterocycles. The van der Waals surface area contributed by atoms with Gasteiger partial charge >= 0.3 is 17.9 Å². The number of rotatable bonds is 39. The van der Waals surface area contributed by atoms with Crippen molar-refractivity contribution in [3.63, 3.8) is 0 Å². The largest absolute Gasteiger partial charge is 0.480 e. The first-order valence-electron chi connectivity index (χ1n) is 22.3. The Balaban J connectivity index is 2.10. The van der Waals surface area contributed by atoms with Crippen LogP contribution in [0.3, 0.4) is 0 Å². The fourth-order valence-corrected chi connectivity index (χ4v) is 7.97. The van der Waals surface area contributed by atoms with E-state index in [4.69, 9.17) is 29.2 Å². The van der Waals surface area contributed by atoms with Gasteiger partial charge in [0, 0.05) is 47.1 Å². The number of unbranched alkanes of at least 4 members (excludes halogenated alkanes) is 1. The maximum absolute atomic E-state index is 12.9. The van der Waals surface area contributed by atoms with Crippen LogP contribution in [0, 0.1) is 11.3 Å². The number of carbonyl (C=O) groups is 9. The minimum Gasteiger partial charge on any atom is -0.480 e. The number of thioether (sulfide) groups is 1. The Morgan fingerprint density at radius 1 is 0.657 bits per heavy atom. The Morgan fingerprint density at radius 2 is 1.22 bits per heavy atom. The number of ketones is 1. The molecular weight excluding hydrogens is 1020 g/mol. The first-order valence-corrected chi connectivity index (χ1v) is 24.7. The van der Waals surface area contributed by atoms with E-state index in [1.54, 1.807) is 13.8 Å². The molecule has 5 amide bonds. The van der Waals surface area contributed by atoms with Gasteiger partial charge in [0.1, 0.15) is 37.1 Å². The van der Waals surface area contributed by atoms with Crippen molar-refractivity contribution in [2.75, 3.05) is 91.1 Å². The van der Waals surface area contributed by atoms with Gasteiger partial charge in [-0.3, -0.25) is 28.8 Å². The third-order valence-electron chi connectivity index (χ3n) is 10.6. The molecule has 4 atom stereocenters. The van der Waals surface area contributed by atoms with Crippen LogP contribution in [0.1, 0.15) is 78.1 Å². The monoisotopic (exact) mass is 1090 g/mol. The Hall–Kier alpha value is -3.73. The van der Waals surface area contributed by atoms with Crippen molar-refractivity contribution in [2.45, 2.75) is 106 Å². The van der Waals surface area contributed by atoms with Crippen molar-refractivity contribution < 1.29 is 82.5 Å². The molecular formula is C42H71IN6O17S. The summed E-state index contributed by atoms with van der Waals surface area (Å²) in [6.45, 7) is 3.44. The van der Waals surface area contributed by atoms with Gasteiger partial charge in [-0.25, -0.2) is 14.4 Å². The van der Waals surface area contributed by atoms with Gasteiger partial charge in [0.05, 0.1) is 51.4 Å². The number of aliphatic hydroxyl groups excluding tert-OH is 1. The van der Waals surface area contributed by atoms with Crippen LogP contribution in [0.4, 0.5) is 0 Å². The number of nitrogens with one attached hydrogen (secondary N) is 6. The number of amides is 5. The van der Waals surface area contributed by atoms with E-state index < -0.39 is 72.5 Å². The molecule has 0 aromatic carbocycles. The number of aliphatic hydroxyl groups is 1. The normalized spacial score (nSPS) is 16.7. The molecule has 0 aromatic heterocycles. The van der Waals surface area contributed by atoms with E-state index in [2.05, 4.69) is 54.5 Å². The van der Waals surface area contributed by atoms with Gasteiger partial charge in [0.15, 0.2) is 0 Å². The first kappa shape index (κ1) is 61.3. The molecule has 0 bridgehead atoms. The van der Waals surface area contributed by atoms with Crippen LogP contribution in [-0.2, 0) is 62.1 Å². The molecule has 0 unspecified atom stereocenters. The number of aliphatic carboxylic acids is 3. The van der Waals surface area contributed by atoms with E-state index in [9.17, 15) is 53.4 Å². The molecule has 1 saturated carbocycles. The minimum atomic E-state index is -1.44. The van der Waals surface area contributed by atoms with Gasteiger partial charge in [0.25, 0.3) is 0 Å². The van der Waals surface area contributed by atoms with Crippen molar-refractivity contribution in [2.24, 2.45) is 11.3 Å². The fourth-order valence-electron chi connectivity index (χ4n) is 6.29. The molecule has 0 aromatic rings. The van der Waals surface area contributed by atoms with Crippen LogP contribution >= 0.6 is 34.4 Å². The van der Waals surface area contributed by atoms with Crippen LogP contribution in [-0.4, -0.2) is 193 Å². The zero-order valence-electron chi connectivity index (χ0n) is 38.6. The van der Waals surface area contributed by atoms with Crippen molar-refractivity contribution in [1.29, 1.82) is 0 Å². The maximum atomic E-state index is 12.9. The highest BCUT2D eigenvalue weighted by Crippen LogP contribution is 2.29. The standard InChI is InChI=1S/C42H71IN6O17S/c1-42(2,33(51)12-11-30(40(59)60)48-37(55)27-7-9-28(43)10-8-27)13-16-63-18-20-65-23-34(52)46-15-17-64-19-21-66-24-35(53)47-29(39(57)58)6-4-5-14-45-36(54)26-67-25-32(44-3)38(56)49-31(22-50)41(61)62/h27-32,44,50H,4-26H2,1-3H3,(H,45,54)(H,46,52)(H,47,53)(H,48,55)(H,49,56)(H,57,58)(H,59,60)(H,61,62)/t27?,28?,29-,30-,31-,32-/m0/s1. The lowest BCUT2D eigenvalue weighted by Crippen LogP contribution is -2.51. The number of hydrogen-bond acceptors (Lipinski definition) is 16.